The SMILES string of the molecule is O=C(Cl)c1c(F)cccc1-c1ccncc1. The van der Waals surface area contributed by atoms with Gasteiger partial charge in [0, 0.05) is 12.4 Å². The minimum absolute atomic E-state index is 0.102. The van der Waals surface area contributed by atoms with Crippen LogP contribution in [0.5, 0.6) is 0 Å². The van der Waals surface area contributed by atoms with Crippen LogP contribution in [0, 0.1) is 5.82 Å². The molecule has 16 heavy (non-hydrogen) atoms. The third kappa shape index (κ3) is 1.95. The standard InChI is InChI=1S/C12H7ClFNO/c13-12(16)11-9(2-1-3-10(11)14)8-4-6-15-7-5-8/h1-7H. The van der Waals surface area contributed by atoms with Crippen LogP contribution in [0.1, 0.15) is 10.4 Å². The Morgan fingerprint density at radius 2 is 1.88 bits per heavy atom. The summed E-state index contributed by atoms with van der Waals surface area (Å²) in [7, 11) is 0. The van der Waals surface area contributed by atoms with Crippen molar-refractivity contribution in [3.05, 3.63) is 54.1 Å². The van der Waals surface area contributed by atoms with Crippen LogP contribution < -0.4 is 0 Å². The summed E-state index contributed by atoms with van der Waals surface area (Å²) in [4.78, 5) is 15.0. The fourth-order valence-electron chi connectivity index (χ4n) is 1.50. The summed E-state index contributed by atoms with van der Waals surface area (Å²) in [6, 6.07) is 7.78. The van der Waals surface area contributed by atoms with E-state index in [0.717, 1.165) is 0 Å². The molecule has 80 valence electrons. The van der Waals surface area contributed by atoms with Crippen molar-refractivity contribution in [3.8, 4) is 11.1 Å². The van der Waals surface area contributed by atoms with E-state index in [1.807, 2.05) is 0 Å². The van der Waals surface area contributed by atoms with Crippen molar-refractivity contribution in [3.63, 3.8) is 0 Å². The molecule has 0 atom stereocenters. The van der Waals surface area contributed by atoms with E-state index in [9.17, 15) is 9.18 Å². The molecule has 0 unspecified atom stereocenters. The highest BCUT2D eigenvalue weighted by atomic mass is 35.5. The fourth-order valence-corrected chi connectivity index (χ4v) is 1.69. The van der Waals surface area contributed by atoms with Crippen LogP contribution in [-0.2, 0) is 0 Å². The second-order valence-electron chi connectivity index (χ2n) is 3.17. The van der Waals surface area contributed by atoms with Gasteiger partial charge in [-0.1, -0.05) is 12.1 Å². The molecule has 2 nitrogen and oxygen atoms in total. The number of aromatic nitrogens is 1. The number of carbonyl (C=O) groups is 1. The van der Waals surface area contributed by atoms with Gasteiger partial charge in [0.15, 0.2) is 0 Å². The van der Waals surface area contributed by atoms with Crippen LogP contribution in [0.2, 0.25) is 0 Å². The molecule has 0 aliphatic carbocycles. The molecule has 0 saturated heterocycles. The zero-order valence-electron chi connectivity index (χ0n) is 8.15. The zero-order chi connectivity index (χ0) is 11.5. The minimum Gasteiger partial charge on any atom is -0.275 e. The Kier molecular flexibility index (Phi) is 2.97. The molecule has 2 aromatic rings. The number of hydrogen-bond donors (Lipinski definition) is 0. The molecule has 1 aromatic heterocycles. The van der Waals surface area contributed by atoms with Crippen molar-refractivity contribution in [1.29, 1.82) is 0 Å². The highest BCUT2D eigenvalue weighted by molar-refractivity contribution is 6.68. The second kappa shape index (κ2) is 4.41. The van der Waals surface area contributed by atoms with E-state index in [1.54, 1.807) is 30.6 Å². The molecule has 0 bridgehead atoms. The molecular weight excluding hydrogens is 229 g/mol. The van der Waals surface area contributed by atoms with Crippen LogP contribution in [-0.4, -0.2) is 10.2 Å². The van der Waals surface area contributed by atoms with Crippen molar-refractivity contribution in [2.75, 3.05) is 0 Å². The number of nitrogens with zero attached hydrogens (tertiary/aromatic N) is 1. The van der Waals surface area contributed by atoms with E-state index in [-0.39, 0.29) is 5.56 Å². The monoisotopic (exact) mass is 235 g/mol. The normalized spacial score (nSPS) is 10.1. The number of rotatable bonds is 2. The fraction of sp³-hybridized carbons (Fsp3) is 0. The maximum absolute atomic E-state index is 13.5. The Balaban J connectivity index is 2.66. The minimum atomic E-state index is -0.801. The summed E-state index contributed by atoms with van der Waals surface area (Å²) in [6.07, 6.45) is 3.14. The van der Waals surface area contributed by atoms with Crippen molar-refractivity contribution in [2.45, 2.75) is 0 Å². The third-order valence-corrected chi connectivity index (χ3v) is 2.39. The van der Waals surface area contributed by atoms with Gasteiger partial charge >= 0.3 is 0 Å². The summed E-state index contributed by atoms with van der Waals surface area (Å²) >= 11 is 5.37. The highest BCUT2D eigenvalue weighted by Gasteiger charge is 2.15. The topological polar surface area (TPSA) is 30.0 Å². The van der Waals surface area contributed by atoms with E-state index in [0.29, 0.717) is 11.1 Å². The van der Waals surface area contributed by atoms with Crippen molar-refractivity contribution in [1.82, 2.24) is 4.98 Å². The lowest BCUT2D eigenvalue weighted by Crippen LogP contribution is -1.98. The first-order valence-electron chi connectivity index (χ1n) is 4.59. The molecule has 0 saturated carbocycles. The molecule has 1 heterocycles. The van der Waals surface area contributed by atoms with Gasteiger partial charge in [-0.05, 0) is 40.9 Å². The molecule has 0 spiro atoms. The molecule has 2 rings (SSSR count). The molecular formula is C12H7ClFNO. The van der Waals surface area contributed by atoms with Crippen LogP contribution in [0.3, 0.4) is 0 Å². The van der Waals surface area contributed by atoms with Crippen LogP contribution >= 0.6 is 11.6 Å². The van der Waals surface area contributed by atoms with E-state index in [4.69, 9.17) is 11.6 Å². The van der Waals surface area contributed by atoms with Crippen LogP contribution in [0.4, 0.5) is 4.39 Å². The first-order chi connectivity index (χ1) is 7.70. The molecule has 0 amide bonds. The highest BCUT2D eigenvalue weighted by Crippen LogP contribution is 2.26. The van der Waals surface area contributed by atoms with Gasteiger partial charge in [-0.25, -0.2) is 4.39 Å². The number of carbonyl (C=O) groups excluding carboxylic acids is 1. The molecule has 0 aliphatic rings. The predicted molar refractivity (Wildman–Crippen MR) is 59.8 cm³/mol. The smallest absolute Gasteiger partial charge is 0.255 e. The van der Waals surface area contributed by atoms with E-state index in [2.05, 4.69) is 4.98 Å². The molecule has 4 heteroatoms. The van der Waals surface area contributed by atoms with Gasteiger partial charge in [-0.2, -0.15) is 0 Å². The van der Waals surface area contributed by atoms with E-state index < -0.39 is 11.1 Å². The average molecular weight is 236 g/mol. The number of benzene rings is 1. The Hall–Kier alpha value is -1.74. The van der Waals surface area contributed by atoms with E-state index >= 15 is 0 Å². The Bertz CT molecular complexity index is 528. The Morgan fingerprint density at radius 1 is 1.19 bits per heavy atom. The van der Waals surface area contributed by atoms with Crippen molar-refractivity contribution >= 4 is 16.8 Å². The zero-order valence-corrected chi connectivity index (χ0v) is 8.91. The lowest BCUT2D eigenvalue weighted by Gasteiger charge is -2.06. The third-order valence-electron chi connectivity index (χ3n) is 2.20. The van der Waals surface area contributed by atoms with Gasteiger partial charge < -0.3 is 0 Å². The van der Waals surface area contributed by atoms with Gasteiger partial charge in [0.25, 0.3) is 5.24 Å². The van der Waals surface area contributed by atoms with E-state index in [1.165, 1.54) is 12.1 Å². The summed E-state index contributed by atoms with van der Waals surface area (Å²) in [6.45, 7) is 0. The lowest BCUT2D eigenvalue weighted by atomic mass is 10.0. The first kappa shape index (κ1) is 10.8. The molecule has 0 aliphatic heterocycles. The molecule has 0 N–H and O–H groups in total. The summed E-state index contributed by atoms with van der Waals surface area (Å²) < 4.78 is 13.5. The van der Waals surface area contributed by atoms with Crippen molar-refractivity contribution in [2.24, 2.45) is 0 Å². The summed E-state index contributed by atoms with van der Waals surface area (Å²) in [5.41, 5.74) is 1.08. The largest absolute Gasteiger partial charge is 0.275 e. The second-order valence-corrected chi connectivity index (χ2v) is 3.52. The Labute approximate surface area is 96.7 Å². The van der Waals surface area contributed by atoms with Crippen LogP contribution in [0.15, 0.2) is 42.7 Å². The predicted octanol–water partition coefficient (Wildman–Crippen LogP) is 3.27. The average Bonchev–Trinajstić information content (AvgIpc) is 2.29. The quantitative estimate of drug-likeness (QED) is 0.748. The maximum Gasteiger partial charge on any atom is 0.255 e. The molecule has 0 fully saturated rings. The van der Waals surface area contributed by atoms with Gasteiger partial charge in [0.1, 0.15) is 5.82 Å². The first-order valence-corrected chi connectivity index (χ1v) is 4.96. The maximum atomic E-state index is 13.5. The molecule has 0 radical (unpaired) electrons. The number of hydrogen-bond acceptors (Lipinski definition) is 2. The number of halogens is 2. The van der Waals surface area contributed by atoms with Gasteiger partial charge in [0.05, 0.1) is 5.56 Å². The van der Waals surface area contributed by atoms with Gasteiger partial charge in [-0.15, -0.1) is 0 Å². The molecule has 1 aromatic carbocycles. The van der Waals surface area contributed by atoms with Crippen molar-refractivity contribution < 1.29 is 9.18 Å². The Morgan fingerprint density at radius 3 is 2.50 bits per heavy atom. The lowest BCUT2D eigenvalue weighted by molar-refractivity contribution is 0.107. The van der Waals surface area contributed by atoms with Crippen LogP contribution in [0.25, 0.3) is 11.1 Å². The number of pyridine rings is 1. The summed E-state index contributed by atoms with van der Waals surface area (Å²) in [5.74, 6) is -0.616. The van der Waals surface area contributed by atoms with Gasteiger partial charge in [0.2, 0.25) is 0 Å². The van der Waals surface area contributed by atoms with Gasteiger partial charge in [-0.3, -0.25) is 9.78 Å². The summed E-state index contributed by atoms with van der Waals surface area (Å²) in [5, 5.41) is -0.801.